The summed E-state index contributed by atoms with van der Waals surface area (Å²) in [6.45, 7) is 15.1. The zero-order valence-corrected chi connectivity index (χ0v) is 17.0. The summed E-state index contributed by atoms with van der Waals surface area (Å²) in [4.78, 5) is 37.5. The highest BCUT2D eigenvalue weighted by Crippen LogP contribution is 2.11. The summed E-state index contributed by atoms with van der Waals surface area (Å²) in [7, 11) is 0. The van der Waals surface area contributed by atoms with Crippen molar-refractivity contribution >= 4 is 17.9 Å². The van der Waals surface area contributed by atoms with Gasteiger partial charge in [0.05, 0.1) is 19.6 Å². The number of esters is 3. The molecule has 0 N–H and O–H groups in total. The molecular weight excluding hydrogens is 326 g/mol. The van der Waals surface area contributed by atoms with Crippen LogP contribution < -0.4 is 0 Å². The molecule has 0 aliphatic heterocycles. The van der Waals surface area contributed by atoms with Crippen molar-refractivity contribution < 1.29 is 28.6 Å². The van der Waals surface area contributed by atoms with E-state index >= 15 is 0 Å². The normalized spacial score (nSPS) is 12.7. The molecule has 7 nitrogen and oxygen atoms in total. The van der Waals surface area contributed by atoms with Gasteiger partial charge in [-0.15, -0.1) is 0 Å². The lowest BCUT2D eigenvalue weighted by Crippen LogP contribution is -2.43. The van der Waals surface area contributed by atoms with Gasteiger partial charge in [0.15, 0.2) is 0 Å². The average Bonchev–Trinajstić information content (AvgIpc) is 2.18. The van der Waals surface area contributed by atoms with E-state index in [9.17, 15) is 14.4 Å². The van der Waals surface area contributed by atoms with Crippen molar-refractivity contribution in [1.82, 2.24) is 4.90 Å². The minimum atomic E-state index is -0.652. The van der Waals surface area contributed by atoms with E-state index in [0.29, 0.717) is 0 Å². The molecule has 0 heterocycles. The molecule has 0 aromatic rings. The smallest absolute Gasteiger partial charge is 0.320 e. The molecule has 0 spiro atoms. The Bertz CT molecular complexity index is 408. The molecule has 0 aromatic heterocycles. The summed E-state index contributed by atoms with van der Waals surface area (Å²) < 4.78 is 15.7. The van der Waals surface area contributed by atoms with Crippen molar-refractivity contribution in [3.05, 3.63) is 0 Å². The van der Waals surface area contributed by atoms with Gasteiger partial charge in [0, 0.05) is 0 Å². The molecule has 0 unspecified atom stereocenters. The van der Waals surface area contributed by atoms with Gasteiger partial charge >= 0.3 is 17.9 Å². The van der Waals surface area contributed by atoms with Crippen LogP contribution in [0.2, 0.25) is 0 Å². The molecule has 0 aliphatic carbocycles. The lowest BCUT2D eigenvalue weighted by Gasteiger charge is -2.27. The highest BCUT2D eigenvalue weighted by atomic mass is 16.6. The first-order valence-corrected chi connectivity index (χ1v) is 8.35. The van der Waals surface area contributed by atoms with Crippen molar-refractivity contribution in [3.63, 3.8) is 0 Å². The van der Waals surface area contributed by atoms with Crippen LogP contribution in [0.15, 0.2) is 0 Å². The van der Waals surface area contributed by atoms with E-state index < -0.39 is 34.7 Å². The standard InChI is InChI=1S/C18H33NO6/c1-16(2,3)23-13(20)10-19(11-14(21)24-17(4,5)6)12-15(22)25-18(7,8)9/h10-12H2,1-9H3. The first kappa shape index (κ1) is 23.4. The van der Waals surface area contributed by atoms with E-state index in [2.05, 4.69) is 0 Å². The van der Waals surface area contributed by atoms with Crippen LogP contribution in [0.25, 0.3) is 0 Å². The predicted molar refractivity (Wildman–Crippen MR) is 94.0 cm³/mol. The Kier molecular flexibility index (Phi) is 8.08. The zero-order valence-electron chi connectivity index (χ0n) is 17.0. The van der Waals surface area contributed by atoms with Crippen LogP contribution in [-0.2, 0) is 28.6 Å². The largest absolute Gasteiger partial charge is 0.459 e. The molecule has 0 saturated heterocycles. The third-order valence-corrected chi connectivity index (χ3v) is 2.32. The van der Waals surface area contributed by atoms with E-state index in [-0.39, 0.29) is 19.6 Å². The summed E-state index contributed by atoms with van der Waals surface area (Å²) in [6.07, 6.45) is 0. The quantitative estimate of drug-likeness (QED) is 0.531. The van der Waals surface area contributed by atoms with Gasteiger partial charge in [0.2, 0.25) is 0 Å². The van der Waals surface area contributed by atoms with Crippen molar-refractivity contribution in [2.45, 2.75) is 79.1 Å². The molecule has 0 saturated carbocycles. The monoisotopic (exact) mass is 359 g/mol. The van der Waals surface area contributed by atoms with Crippen LogP contribution >= 0.6 is 0 Å². The fourth-order valence-corrected chi connectivity index (χ4v) is 1.84. The van der Waals surface area contributed by atoms with E-state index in [4.69, 9.17) is 14.2 Å². The van der Waals surface area contributed by atoms with E-state index in [0.717, 1.165) is 0 Å². The number of hydrogen-bond donors (Lipinski definition) is 0. The number of carbonyl (C=O) groups is 3. The van der Waals surface area contributed by atoms with E-state index in [1.807, 2.05) is 0 Å². The zero-order chi connectivity index (χ0) is 20.1. The van der Waals surface area contributed by atoms with Gasteiger partial charge in [-0.1, -0.05) is 0 Å². The van der Waals surface area contributed by atoms with E-state index in [1.54, 1.807) is 62.3 Å². The van der Waals surface area contributed by atoms with Crippen molar-refractivity contribution in [3.8, 4) is 0 Å². The topological polar surface area (TPSA) is 82.1 Å². The number of rotatable bonds is 6. The Morgan fingerprint density at radius 3 is 0.920 bits per heavy atom. The van der Waals surface area contributed by atoms with Gasteiger partial charge in [-0.25, -0.2) is 0 Å². The second-order valence-electron chi connectivity index (χ2n) is 8.90. The Morgan fingerprint density at radius 1 is 0.560 bits per heavy atom. The van der Waals surface area contributed by atoms with Crippen molar-refractivity contribution in [2.75, 3.05) is 19.6 Å². The Hall–Kier alpha value is -1.63. The van der Waals surface area contributed by atoms with Gasteiger partial charge in [-0.2, -0.15) is 0 Å². The van der Waals surface area contributed by atoms with Gasteiger partial charge in [-0.05, 0) is 62.3 Å². The molecule has 146 valence electrons. The lowest BCUT2D eigenvalue weighted by molar-refractivity contribution is -0.163. The highest BCUT2D eigenvalue weighted by Gasteiger charge is 2.26. The molecular formula is C18H33NO6. The molecule has 0 amide bonds. The molecule has 7 heteroatoms. The van der Waals surface area contributed by atoms with E-state index in [1.165, 1.54) is 4.90 Å². The summed E-state index contributed by atoms with van der Waals surface area (Å²) in [5, 5.41) is 0. The molecule has 0 aliphatic rings. The van der Waals surface area contributed by atoms with Gasteiger partial charge in [-0.3, -0.25) is 19.3 Å². The van der Waals surface area contributed by atoms with Crippen LogP contribution in [-0.4, -0.2) is 59.2 Å². The summed E-state index contributed by atoms with van der Waals surface area (Å²) >= 11 is 0. The lowest BCUT2D eigenvalue weighted by atomic mass is 10.2. The summed E-state index contributed by atoms with van der Waals surface area (Å²) in [5.74, 6) is -1.58. The molecule has 0 aromatic carbocycles. The van der Waals surface area contributed by atoms with Crippen LogP contribution in [0, 0.1) is 0 Å². The fourth-order valence-electron chi connectivity index (χ4n) is 1.84. The van der Waals surface area contributed by atoms with Gasteiger partial charge < -0.3 is 14.2 Å². The maximum absolute atomic E-state index is 12.0. The molecule has 0 radical (unpaired) electrons. The maximum Gasteiger partial charge on any atom is 0.320 e. The van der Waals surface area contributed by atoms with Crippen LogP contribution in [0.3, 0.4) is 0 Å². The second-order valence-corrected chi connectivity index (χ2v) is 8.90. The molecule has 0 fully saturated rings. The number of hydrogen-bond acceptors (Lipinski definition) is 7. The Balaban J connectivity index is 4.95. The number of carbonyl (C=O) groups excluding carboxylic acids is 3. The number of ether oxygens (including phenoxy) is 3. The molecule has 0 atom stereocenters. The minimum absolute atomic E-state index is 0.213. The molecule has 0 bridgehead atoms. The average molecular weight is 359 g/mol. The SMILES string of the molecule is CC(C)(C)OC(=O)CN(CC(=O)OC(C)(C)C)CC(=O)OC(C)(C)C. The van der Waals surface area contributed by atoms with Crippen molar-refractivity contribution in [2.24, 2.45) is 0 Å². The Labute approximate surface area is 151 Å². The Morgan fingerprint density at radius 2 is 0.760 bits per heavy atom. The fraction of sp³-hybridized carbons (Fsp3) is 0.833. The van der Waals surface area contributed by atoms with Crippen molar-refractivity contribution in [1.29, 1.82) is 0 Å². The molecule has 0 rings (SSSR count). The predicted octanol–water partition coefficient (Wildman–Crippen LogP) is 2.31. The first-order chi connectivity index (χ1) is 11.0. The first-order valence-electron chi connectivity index (χ1n) is 8.35. The van der Waals surface area contributed by atoms with Crippen LogP contribution in [0.5, 0.6) is 0 Å². The van der Waals surface area contributed by atoms with Gasteiger partial charge in [0.1, 0.15) is 16.8 Å². The third-order valence-electron chi connectivity index (χ3n) is 2.32. The molecule has 25 heavy (non-hydrogen) atoms. The number of nitrogens with zero attached hydrogens (tertiary/aromatic N) is 1. The highest BCUT2D eigenvalue weighted by molar-refractivity contribution is 5.78. The minimum Gasteiger partial charge on any atom is -0.459 e. The van der Waals surface area contributed by atoms with Gasteiger partial charge in [0.25, 0.3) is 0 Å². The summed E-state index contributed by atoms with van der Waals surface area (Å²) in [6, 6.07) is 0. The summed E-state index contributed by atoms with van der Waals surface area (Å²) in [5.41, 5.74) is -1.96. The second kappa shape index (κ2) is 8.65. The van der Waals surface area contributed by atoms with Crippen LogP contribution in [0.4, 0.5) is 0 Å². The third kappa shape index (κ3) is 14.4. The maximum atomic E-state index is 12.0. The van der Waals surface area contributed by atoms with Crippen LogP contribution in [0.1, 0.15) is 62.3 Å².